The predicted molar refractivity (Wildman–Crippen MR) is 74.7 cm³/mol. The summed E-state index contributed by atoms with van der Waals surface area (Å²) in [6.45, 7) is 0.446. The van der Waals surface area contributed by atoms with Crippen LogP contribution in [0.3, 0.4) is 0 Å². The van der Waals surface area contributed by atoms with Crippen LogP contribution < -0.4 is 11.1 Å². The number of nitrogens with two attached hydrogens (primary N) is 1. The van der Waals surface area contributed by atoms with Gasteiger partial charge in [-0.15, -0.1) is 0 Å². The first-order valence-electron chi connectivity index (χ1n) is 7.23. The zero-order chi connectivity index (χ0) is 14.0. The summed E-state index contributed by atoms with van der Waals surface area (Å²) in [7, 11) is 0. The van der Waals surface area contributed by atoms with E-state index >= 15 is 0 Å². The highest BCUT2D eigenvalue weighted by Gasteiger charge is 2.56. The Bertz CT molecular complexity index is 473. The number of carbonyl (C=O) groups excluding carboxylic acids is 1. The third-order valence-corrected chi connectivity index (χ3v) is 4.75. The first kappa shape index (κ1) is 13.5. The molecule has 1 aromatic heterocycles. The highest BCUT2D eigenvalue weighted by atomic mass is 16.5. The number of aromatic nitrogens is 1. The maximum Gasteiger partial charge on any atom is 0.246 e. The van der Waals surface area contributed by atoms with Gasteiger partial charge < -0.3 is 15.8 Å². The van der Waals surface area contributed by atoms with Crippen molar-refractivity contribution in [2.45, 2.75) is 44.4 Å². The Morgan fingerprint density at radius 2 is 2.35 bits per heavy atom. The van der Waals surface area contributed by atoms with Crippen molar-refractivity contribution in [2.75, 3.05) is 6.61 Å². The Morgan fingerprint density at radius 3 is 2.95 bits per heavy atom. The maximum atomic E-state index is 11.9. The van der Waals surface area contributed by atoms with Crippen molar-refractivity contribution < 1.29 is 9.53 Å². The summed E-state index contributed by atoms with van der Waals surface area (Å²) in [6.07, 6.45) is 6.14. The number of pyridine rings is 1. The fourth-order valence-electron chi connectivity index (χ4n) is 3.30. The summed E-state index contributed by atoms with van der Waals surface area (Å²) >= 11 is 0. The molecule has 1 heterocycles. The summed E-state index contributed by atoms with van der Waals surface area (Å²) in [6, 6.07) is 6.15. The van der Waals surface area contributed by atoms with Crippen LogP contribution in [0.15, 0.2) is 24.4 Å². The molecule has 108 valence electrons. The molecule has 0 bridgehead atoms. The molecule has 5 nitrogen and oxygen atoms in total. The van der Waals surface area contributed by atoms with Crippen LogP contribution in [-0.4, -0.2) is 29.6 Å². The minimum absolute atomic E-state index is 0.0518. The molecule has 20 heavy (non-hydrogen) atoms. The standard InChI is InChI=1S/C15H21N3O2/c16-12-8-13(15(12)5-3-6-15)18-14(19)10-20-9-11-4-1-2-7-17-11/h1-2,4,7,12-13H,3,5-6,8-10,16H2,(H,18,19). The largest absolute Gasteiger partial charge is 0.365 e. The molecule has 2 saturated carbocycles. The van der Waals surface area contributed by atoms with Crippen LogP contribution >= 0.6 is 0 Å². The second-order valence-electron chi connectivity index (χ2n) is 5.86. The van der Waals surface area contributed by atoms with Gasteiger partial charge in [-0.05, 0) is 31.4 Å². The fraction of sp³-hybridized carbons (Fsp3) is 0.600. The topological polar surface area (TPSA) is 77.2 Å². The number of hydrogen-bond donors (Lipinski definition) is 2. The van der Waals surface area contributed by atoms with Crippen molar-refractivity contribution in [3.05, 3.63) is 30.1 Å². The molecule has 2 atom stereocenters. The van der Waals surface area contributed by atoms with E-state index in [-0.39, 0.29) is 30.0 Å². The van der Waals surface area contributed by atoms with Crippen molar-refractivity contribution in [2.24, 2.45) is 11.1 Å². The molecule has 3 N–H and O–H groups in total. The molecule has 0 radical (unpaired) electrons. The molecule has 2 aliphatic rings. The number of nitrogens with zero attached hydrogens (tertiary/aromatic N) is 1. The SMILES string of the molecule is NC1CC(NC(=O)COCc2ccccn2)C12CCC2. The van der Waals surface area contributed by atoms with Crippen molar-refractivity contribution in [1.29, 1.82) is 0 Å². The first-order chi connectivity index (χ1) is 9.71. The summed E-state index contributed by atoms with van der Waals surface area (Å²) in [5.41, 5.74) is 7.10. The van der Waals surface area contributed by atoms with E-state index in [0.717, 1.165) is 25.0 Å². The van der Waals surface area contributed by atoms with Crippen LogP contribution in [0.25, 0.3) is 0 Å². The Hall–Kier alpha value is -1.46. The van der Waals surface area contributed by atoms with E-state index < -0.39 is 0 Å². The van der Waals surface area contributed by atoms with E-state index in [4.69, 9.17) is 10.5 Å². The zero-order valence-electron chi connectivity index (χ0n) is 11.5. The second kappa shape index (κ2) is 5.50. The third kappa shape index (κ3) is 2.43. The normalized spacial score (nSPS) is 26.6. The number of carbonyl (C=O) groups is 1. The van der Waals surface area contributed by atoms with Gasteiger partial charge in [-0.3, -0.25) is 9.78 Å². The monoisotopic (exact) mass is 275 g/mol. The number of ether oxygens (including phenoxy) is 1. The summed E-state index contributed by atoms with van der Waals surface area (Å²) in [4.78, 5) is 16.0. The number of nitrogens with one attached hydrogen (secondary N) is 1. The average molecular weight is 275 g/mol. The highest BCUT2D eigenvalue weighted by Crippen LogP contribution is 2.54. The molecule has 1 amide bonds. The Kier molecular flexibility index (Phi) is 3.72. The molecule has 5 heteroatoms. The molecule has 3 rings (SSSR count). The number of amides is 1. The molecular formula is C15H21N3O2. The van der Waals surface area contributed by atoms with E-state index in [1.807, 2.05) is 18.2 Å². The minimum atomic E-state index is -0.0518. The summed E-state index contributed by atoms with van der Waals surface area (Å²) in [5.74, 6) is -0.0518. The van der Waals surface area contributed by atoms with Gasteiger partial charge in [0.05, 0.1) is 12.3 Å². The Labute approximate surface area is 118 Å². The van der Waals surface area contributed by atoms with Gasteiger partial charge in [-0.25, -0.2) is 0 Å². The quantitative estimate of drug-likeness (QED) is 0.840. The molecule has 1 aromatic rings. The van der Waals surface area contributed by atoms with Gasteiger partial charge >= 0.3 is 0 Å². The van der Waals surface area contributed by atoms with E-state index in [1.54, 1.807) is 6.20 Å². The average Bonchev–Trinajstić information content (AvgIpc) is 2.37. The lowest BCUT2D eigenvalue weighted by molar-refractivity contribution is -0.132. The van der Waals surface area contributed by atoms with E-state index in [0.29, 0.717) is 6.61 Å². The molecule has 2 fully saturated rings. The van der Waals surface area contributed by atoms with Gasteiger partial charge in [0.15, 0.2) is 0 Å². The van der Waals surface area contributed by atoms with Gasteiger partial charge in [0.2, 0.25) is 5.91 Å². The summed E-state index contributed by atoms with van der Waals surface area (Å²) in [5, 5.41) is 3.06. The second-order valence-corrected chi connectivity index (χ2v) is 5.86. The van der Waals surface area contributed by atoms with Gasteiger partial charge in [-0.2, -0.15) is 0 Å². The van der Waals surface area contributed by atoms with Crippen LogP contribution in [0.1, 0.15) is 31.4 Å². The van der Waals surface area contributed by atoms with E-state index in [2.05, 4.69) is 10.3 Å². The predicted octanol–water partition coefficient (Wildman–Crippen LogP) is 0.984. The molecule has 0 aromatic carbocycles. The van der Waals surface area contributed by atoms with E-state index in [9.17, 15) is 4.79 Å². The van der Waals surface area contributed by atoms with Crippen molar-refractivity contribution in [1.82, 2.24) is 10.3 Å². The number of rotatable bonds is 5. The van der Waals surface area contributed by atoms with Crippen molar-refractivity contribution in [3.8, 4) is 0 Å². The zero-order valence-corrected chi connectivity index (χ0v) is 11.5. The minimum Gasteiger partial charge on any atom is -0.365 e. The van der Waals surface area contributed by atoms with Crippen LogP contribution in [0.4, 0.5) is 0 Å². The first-order valence-corrected chi connectivity index (χ1v) is 7.23. The third-order valence-electron chi connectivity index (χ3n) is 4.75. The molecule has 2 aliphatic carbocycles. The fourth-order valence-corrected chi connectivity index (χ4v) is 3.30. The van der Waals surface area contributed by atoms with Gasteiger partial charge in [0, 0.05) is 23.7 Å². The molecule has 0 aliphatic heterocycles. The van der Waals surface area contributed by atoms with Crippen molar-refractivity contribution in [3.63, 3.8) is 0 Å². The van der Waals surface area contributed by atoms with Gasteiger partial charge in [-0.1, -0.05) is 12.5 Å². The van der Waals surface area contributed by atoms with E-state index in [1.165, 1.54) is 6.42 Å². The van der Waals surface area contributed by atoms with Crippen LogP contribution in [0, 0.1) is 5.41 Å². The molecule has 2 unspecified atom stereocenters. The molecular weight excluding hydrogens is 254 g/mol. The molecule has 0 saturated heterocycles. The lowest BCUT2D eigenvalue weighted by atomic mass is 9.50. The van der Waals surface area contributed by atoms with Crippen LogP contribution in [0.5, 0.6) is 0 Å². The lowest BCUT2D eigenvalue weighted by Gasteiger charge is -2.60. The highest BCUT2D eigenvalue weighted by molar-refractivity contribution is 5.77. The molecule has 1 spiro atoms. The maximum absolute atomic E-state index is 11.9. The van der Waals surface area contributed by atoms with Crippen LogP contribution in [0.2, 0.25) is 0 Å². The van der Waals surface area contributed by atoms with Gasteiger partial charge in [0.1, 0.15) is 6.61 Å². The Morgan fingerprint density at radius 1 is 1.50 bits per heavy atom. The number of hydrogen-bond acceptors (Lipinski definition) is 4. The smallest absolute Gasteiger partial charge is 0.246 e. The van der Waals surface area contributed by atoms with Gasteiger partial charge in [0.25, 0.3) is 0 Å². The van der Waals surface area contributed by atoms with Crippen LogP contribution in [-0.2, 0) is 16.1 Å². The summed E-state index contributed by atoms with van der Waals surface area (Å²) < 4.78 is 5.39. The lowest BCUT2D eigenvalue weighted by Crippen LogP contribution is -2.70. The van der Waals surface area contributed by atoms with Crippen molar-refractivity contribution >= 4 is 5.91 Å². The Balaban J connectivity index is 1.40.